The predicted octanol–water partition coefficient (Wildman–Crippen LogP) is 0.662. The molecule has 0 bridgehead atoms. The largest absolute Gasteiger partial charge is 0.399 e. The number of hydrogen-bond donors (Lipinski definition) is 2. The van der Waals surface area contributed by atoms with E-state index in [0.29, 0.717) is 37.6 Å². The molecule has 5 nitrogen and oxygen atoms in total. The number of nitrogens with two attached hydrogens (primary N) is 1. The van der Waals surface area contributed by atoms with E-state index < -0.39 is 0 Å². The van der Waals surface area contributed by atoms with Gasteiger partial charge in [0.1, 0.15) is 0 Å². The van der Waals surface area contributed by atoms with Crippen LogP contribution in [0.15, 0.2) is 24.3 Å². The molecule has 1 aromatic carbocycles. The zero-order chi connectivity index (χ0) is 12.5. The molecule has 0 aliphatic carbocycles. The molecule has 0 saturated carbocycles. The lowest BCUT2D eigenvalue weighted by Gasteiger charge is -2.06. The summed E-state index contributed by atoms with van der Waals surface area (Å²) >= 11 is 0. The predicted molar refractivity (Wildman–Crippen MR) is 65.9 cm³/mol. The van der Waals surface area contributed by atoms with Crippen molar-refractivity contribution >= 4 is 11.6 Å². The van der Waals surface area contributed by atoms with E-state index in [1.807, 2.05) is 0 Å². The van der Waals surface area contributed by atoms with Crippen LogP contribution < -0.4 is 11.1 Å². The van der Waals surface area contributed by atoms with Gasteiger partial charge in [-0.2, -0.15) is 0 Å². The Bertz CT molecular complexity index is 338. The minimum Gasteiger partial charge on any atom is -0.399 e. The molecule has 0 fully saturated rings. The van der Waals surface area contributed by atoms with E-state index in [1.165, 1.54) is 0 Å². The zero-order valence-electron chi connectivity index (χ0n) is 9.94. The lowest BCUT2D eigenvalue weighted by Crippen LogP contribution is -2.27. The lowest BCUT2D eigenvalue weighted by atomic mass is 10.2. The van der Waals surface area contributed by atoms with Gasteiger partial charge in [-0.25, -0.2) is 0 Å². The van der Waals surface area contributed by atoms with Gasteiger partial charge in [-0.3, -0.25) is 4.79 Å². The molecule has 1 amide bonds. The number of carbonyl (C=O) groups excluding carboxylic acids is 1. The maximum Gasteiger partial charge on any atom is 0.251 e. The average Bonchev–Trinajstić information content (AvgIpc) is 2.34. The fourth-order valence-corrected chi connectivity index (χ4v) is 1.22. The molecule has 1 rings (SSSR count). The summed E-state index contributed by atoms with van der Waals surface area (Å²) in [5.74, 6) is -0.125. The molecule has 1 aromatic rings. The second-order valence-electron chi connectivity index (χ2n) is 3.48. The van der Waals surface area contributed by atoms with Gasteiger partial charge in [0.15, 0.2) is 0 Å². The Morgan fingerprint density at radius 3 is 2.59 bits per heavy atom. The molecule has 0 heterocycles. The van der Waals surface area contributed by atoms with Crippen molar-refractivity contribution in [1.82, 2.24) is 5.32 Å². The van der Waals surface area contributed by atoms with E-state index in [1.54, 1.807) is 31.4 Å². The first-order chi connectivity index (χ1) is 8.24. The van der Waals surface area contributed by atoms with Gasteiger partial charge in [-0.1, -0.05) is 0 Å². The molecule has 0 aromatic heterocycles. The van der Waals surface area contributed by atoms with Gasteiger partial charge in [-0.05, 0) is 24.3 Å². The summed E-state index contributed by atoms with van der Waals surface area (Å²) in [5, 5.41) is 2.75. The van der Waals surface area contributed by atoms with Crippen LogP contribution in [-0.2, 0) is 9.47 Å². The number of benzene rings is 1. The Labute approximate surface area is 101 Å². The lowest BCUT2D eigenvalue weighted by molar-refractivity contribution is 0.0692. The van der Waals surface area contributed by atoms with E-state index in [-0.39, 0.29) is 5.91 Å². The van der Waals surface area contributed by atoms with Crippen LogP contribution in [0.25, 0.3) is 0 Å². The highest BCUT2D eigenvalue weighted by molar-refractivity contribution is 5.94. The van der Waals surface area contributed by atoms with E-state index in [2.05, 4.69) is 5.32 Å². The highest BCUT2D eigenvalue weighted by Crippen LogP contribution is 2.04. The summed E-state index contributed by atoms with van der Waals surface area (Å²) in [6, 6.07) is 6.78. The van der Waals surface area contributed by atoms with Gasteiger partial charge in [0, 0.05) is 24.9 Å². The summed E-state index contributed by atoms with van der Waals surface area (Å²) in [4.78, 5) is 11.6. The molecule has 0 atom stereocenters. The summed E-state index contributed by atoms with van der Waals surface area (Å²) in [6.07, 6.45) is 0. The molecular formula is C12H18N2O3. The Morgan fingerprint density at radius 2 is 1.94 bits per heavy atom. The quantitative estimate of drug-likeness (QED) is 0.540. The van der Waals surface area contributed by atoms with Crippen molar-refractivity contribution in [2.75, 3.05) is 39.2 Å². The van der Waals surface area contributed by atoms with Crippen molar-refractivity contribution in [3.05, 3.63) is 29.8 Å². The van der Waals surface area contributed by atoms with Gasteiger partial charge in [0.25, 0.3) is 5.91 Å². The molecule has 94 valence electrons. The van der Waals surface area contributed by atoms with Crippen molar-refractivity contribution in [2.24, 2.45) is 0 Å². The van der Waals surface area contributed by atoms with Crippen LogP contribution in [0.2, 0.25) is 0 Å². The molecule has 0 spiro atoms. The second kappa shape index (κ2) is 7.65. The number of rotatable bonds is 7. The Hall–Kier alpha value is -1.59. The Morgan fingerprint density at radius 1 is 1.24 bits per heavy atom. The summed E-state index contributed by atoms with van der Waals surface area (Å²) in [6.45, 7) is 2.05. The molecule has 3 N–H and O–H groups in total. The van der Waals surface area contributed by atoms with Crippen molar-refractivity contribution in [2.45, 2.75) is 0 Å². The number of ether oxygens (including phenoxy) is 2. The fourth-order valence-electron chi connectivity index (χ4n) is 1.22. The van der Waals surface area contributed by atoms with Gasteiger partial charge >= 0.3 is 0 Å². The highest BCUT2D eigenvalue weighted by atomic mass is 16.5. The van der Waals surface area contributed by atoms with E-state index >= 15 is 0 Å². The van der Waals surface area contributed by atoms with Crippen molar-refractivity contribution < 1.29 is 14.3 Å². The highest BCUT2D eigenvalue weighted by Gasteiger charge is 2.03. The zero-order valence-corrected chi connectivity index (χ0v) is 9.94. The van der Waals surface area contributed by atoms with Crippen LogP contribution in [0.1, 0.15) is 10.4 Å². The standard InChI is InChI=1S/C12H18N2O3/c1-16-8-9-17-7-6-14-12(15)10-2-4-11(13)5-3-10/h2-5H,6-9,13H2,1H3,(H,14,15). The molecule has 0 aliphatic rings. The Balaban J connectivity index is 2.19. The SMILES string of the molecule is COCCOCCNC(=O)c1ccc(N)cc1. The van der Waals surface area contributed by atoms with Crippen LogP contribution in [0.4, 0.5) is 5.69 Å². The first-order valence-corrected chi connectivity index (χ1v) is 5.44. The maximum absolute atomic E-state index is 11.6. The number of nitrogen functional groups attached to an aromatic ring is 1. The van der Waals surface area contributed by atoms with Gasteiger partial charge in [0.2, 0.25) is 0 Å². The summed E-state index contributed by atoms with van der Waals surface area (Å²) in [5.41, 5.74) is 6.77. The third-order valence-electron chi connectivity index (χ3n) is 2.14. The summed E-state index contributed by atoms with van der Waals surface area (Å²) < 4.78 is 10.0. The van der Waals surface area contributed by atoms with E-state index in [4.69, 9.17) is 15.2 Å². The van der Waals surface area contributed by atoms with Crippen LogP contribution in [0, 0.1) is 0 Å². The average molecular weight is 238 g/mol. The number of amides is 1. The number of methoxy groups -OCH3 is 1. The normalized spacial score (nSPS) is 10.2. The van der Waals surface area contributed by atoms with Crippen molar-refractivity contribution in [3.63, 3.8) is 0 Å². The minimum absolute atomic E-state index is 0.125. The van der Waals surface area contributed by atoms with E-state index in [9.17, 15) is 4.79 Å². The summed E-state index contributed by atoms with van der Waals surface area (Å²) in [7, 11) is 1.62. The second-order valence-corrected chi connectivity index (χ2v) is 3.48. The van der Waals surface area contributed by atoms with Crippen LogP contribution >= 0.6 is 0 Å². The first-order valence-electron chi connectivity index (χ1n) is 5.44. The van der Waals surface area contributed by atoms with E-state index in [0.717, 1.165) is 0 Å². The van der Waals surface area contributed by atoms with Gasteiger partial charge in [-0.15, -0.1) is 0 Å². The maximum atomic E-state index is 11.6. The molecule has 0 radical (unpaired) electrons. The third kappa shape index (κ3) is 5.33. The molecule has 0 aliphatic heterocycles. The Kier molecular flexibility index (Phi) is 6.06. The van der Waals surface area contributed by atoms with Crippen LogP contribution in [0.5, 0.6) is 0 Å². The van der Waals surface area contributed by atoms with Crippen molar-refractivity contribution in [3.8, 4) is 0 Å². The first kappa shape index (κ1) is 13.5. The molecule has 17 heavy (non-hydrogen) atoms. The van der Waals surface area contributed by atoms with Crippen molar-refractivity contribution in [1.29, 1.82) is 0 Å². The van der Waals surface area contributed by atoms with Crippen LogP contribution in [0.3, 0.4) is 0 Å². The molecule has 0 unspecified atom stereocenters. The van der Waals surface area contributed by atoms with Gasteiger partial charge < -0.3 is 20.5 Å². The number of carbonyl (C=O) groups is 1. The molecule has 0 saturated heterocycles. The number of nitrogens with one attached hydrogen (secondary N) is 1. The molecular weight excluding hydrogens is 220 g/mol. The number of hydrogen-bond acceptors (Lipinski definition) is 4. The topological polar surface area (TPSA) is 73.6 Å². The number of anilines is 1. The third-order valence-corrected chi connectivity index (χ3v) is 2.14. The smallest absolute Gasteiger partial charge is 0.251 e. The monoisotopic (exact) mass is 238 g/mol. The van der Waals surface area contributed by atoms with Crippen LogP contribution in [-0.4, -0.2) is 39.4 Å². The molecule has 5 heteroatoms. The fraction of sp³-hybridized carbons (Fsp3) is 0.417. The van der Waals surface area contributed by atoms with Gasteiger partial charge in [0.05, 0.1) is 19.8 Å². The minimum atomic E-state index is -0.125.